The van der Waals surface area contributed by atoms with Gasteiger partial charge in [0.25, 0.3) is 11.8 Å². The Balaban J connectivity index is 1.28. The standard InChI is InChI=1S/C28H24N2O6/c31-25-14-15-26(32)30(25)36-27(33)24(16-18-8-2-1-3-9-18)29-28(34)35-17-23-21-12-6-4-10-19(21)20-11-5-7-13-22(20)23/h1-13,23-24H,14-17H2,(H,29,34). The van der Waals surface area contributed by atoms with Crippen LogP contribution in [0.3, 0.4) is 0 Å². The van der Waals surface area contributed by atoms with Crippen molar-refractivity contribution >= 4 is 23.9 Å². The second kappa shape index (κ2) is 10.0. The highest BCUT2D eigenvalue weighted by atomic mass is 16.7. The van der Waals surface area contributed by atoms with Gasteiger partial charge in [-0.25, -0.2) is 9.59 Å². The van der Waals surface area contributed by atoms with Crippen molar-refractivity contribution in [1.82, 2.24) is 10.4 Å². The van der Waals surface area contributed by atoms with E-state index >= 15 is 0 Å². The highest BCUT2D eigenvalue weighted by Crippen LogP contribution is 2.44. The number of carbonyl (C=O) groups excluding carboxylic acids is 4. The average Bonchev–Trinajstić information content (AvgIpc) is 3.39. The zero-order chi connectivity index (χ0) is 25.1. The molecule has 0 spiro atoms. The number of hydroxylamine groups is 2. The molecule has 1 heterocycles. The van der Waals surface area contributed by atoms with E-state index in [-0.39, 0.29) is 31.8 Å². The number of fused-ring (bicyclic) bond motifs is 3. The van der Waals surface area contributed by atoms with Crippen LogP contribution in [0.5, 0.6) is 0 Å². The van der Waals surface area contributed by atoms with Gasteiger partial charge in [-0.3, -0.25) is 9.59 Å². The number of amides is 3. The zero-order valence-corrected chi connectivity index (χ0v) is 19.4. The summed E-state index contributed by atoms with van der Waals surface area (Å²) in [5.74, 6) is -2.24. The Kier molecular flexibility index (Phi) is 6.49. The maximum atomic E-state index is 12.9. The van der Waals surface area contributed by atoms with Gasteiger partial charge in [0.1, 0.15) is 12.6 Å². The molecule has 182 valence electrons. The van der Waals surface area contributed by atoms with Gasteiger partial charge in [-0.05, 0) is 27.8 Å². The summed E-state index contributed by atoms with van der Waals surface area (Å²) in [7, 11) is 0. The molecule has 36 heavy (non-hydrogen) atoms. The molecule has 1 saturated heterocycles. The monoisotopic (exact) mass is 484 g/mol. The Morgan fingerprint density at radius 1 is 0.833 bits per heavy atom. The molecule has 0 bridgehead atoms. The maximum Gasteiger partial charge on any atom is 0.407 e. The van der Waals surface area contributed by atoms with Gasteiger partial charge in [0.05, 0.1) is 0 Å². The first kappa shape index (κ1) is 23.3. The number of carbonyl (C=O) groups is 4. The summed E-state index contributed by atoms with van der Waals surface area (Å²) in [4.78, 5) is 54.5. The lowest BCUT2D eigenvalue weighted by Crippen LogP contribution is -2.46. The molecule has 1 unspecified atom stereocenters. The normalized spacial score (nSPS) is 15.3. The van der Waals surface area contributed by atoms with Gasteiger partial charge in [0, 0.05) is 25.2 Å². The summed E-state index contributed by atoms with van der Waals surface area (Å²) in [5, 5.41) is 3.03. The van der Waals surface area contributed by atoms with Crippen molar-refractivity contribution in [3.8, 4) is 11.1 Å². The minimum Gasteiger partial charge on any atom is -0.449 e. The van der Waals surface area contributed by atoms with Crippen LogP contribution in [0.4, 0.5) is 4.79 Å². The van der Waals surface area contributed by atoms with Crippen LogP contribution in [-0.2, 0) is 30.4 Å². The summed E-state index contributed by atoms with van der Waals surface area (Å²) in [6.45, 7) is 0.0794. The van der Waals surface area contributed by atoms with Gasteiger partial charge < -0.3 is 14.9 Å². The smallest absolute Gasteiger partial charge is 0.407 e. The van der Waals surface area contributed by atoms with E-state index in [1.165, 1.54) is 0 Å². The summed E-state index contributed by atoms with van der Waals surface area (Å²) >= 11 is 0. The molecule has 0 aromatic heterocycles. The Bertz CT molecular complexity index is 1260. The van der Waals surface area contributed by atoms with Crippen LogP contribution in [-0.4, -0.2) is 41.6 Å². The van der Waals surface area contributed by atoms with E-state index in [9.17, 15) is 19.2 Å². The molecule has 3 amide bonds. The fourth-order valence-corrected chi connectivity index (χ4v) is 4.64. The molecule has 1 aliphatic heterocycles. The number of hydrogen-bond acceptors (Lipinski definition) is 6. The van der Waals surface area contributed by atoms with Crippen LogP contribution >= 0.6 is 0 Å². The lowest BCUT2D eigenvalue weighted by molar-refractivity contribution is -0.198. The summed E-state index contributed by atoms with van der Waals surface area (Å²) in [6.07, 6.45) is -0.737. The molecule has 0 saturated carbocycles. The fraction of sp³-hybridized carbons (Fsp3) is 0.214. The van der Waals surface area contributed by atoms with Crippen molar-refractivity contribution in [2.75, 3.05) is 6.61 Å². The Morgan fingerprint density at radius 3 is 2.00 bits per heavy atom. The van der Waals surface area contributed by atoms with Gasteiger partial charge in [-0.1, -0.05) is 78.9 Å². The topological polar surface area (TPSA) is 102 Å². The summed E-state index contributed by atoms with van der Waals surface area (Å²) in [6, 6.07) is 23.8. The Morgan fingerprint density at radius 2 is 1.39 bits per heavy atom. The fourth-order valence-electron chi connectivity index (χ4n) is 4.64. The number of rotatable bonds is 7. The number of hydrogen-bond donors (Lipinski definition) is 1. The van der Waals surface area contributed by atoms with Crippen molar-refractivity contribution in [2.24, 2.45) is 0 Å². The third kappa shape index (κ3) is 4.70. The van der Waals surface area contributed by atoms with Crippen molar-refractivity contribution < 1.29 is 28.8 Å². The van der Waals surface area contributed by atoms with E-state index in [4.69, 9.17) is 9.57 Å². The molecule has 1 fully saturated rings. The van der Waals surface area contributed by atoms with E-state index in [0.29, 0.717) is 5.06 Å². The molecule has 8 heteroatoms. The quantitative estimate of drug-likeness (QED) is 0.513. The number of nitrogens with zero attached hydrogens (tertiary/aromatic N) is 1. The molecule has 5 rings (SSSR count). The predicted molar refractivity (Wildman–Crippen MR) is 129 cm³/mol. The molecule has 3 aromatic rings. The van der Waals surface area contributed by atoms with Crippen molar-refractivity contribution in [1.29, 1.82) is 0 Å². The minimum absolute atomic E-state index is 0.0186. The maximum absolute atomic E-state index is 12.9. The van der Waals surface area contributed by atoms with Gasteiger partial charge in [-0.2, -0.15) is 0 Å². The largest absolute Gasteiger partial charge is 0.449 e. The lowest BCUT2D eigenvalue weighted by Gasteiger charge is -2.21. The first-order valence-electron chi connectivity index (χ1n) is 11.7. The second-order valence-electron chi connectivity index (χ2n) is 8.70. The minimum atomic E-state index is -1.16. The predicted octanol–water partition coefficient (Wildman–Crippen LogP) is 3.74. The van der Waals surface area contributed by atoms with E-state index in [1.54, 1.807) is 24.3 Å². The van der Waals surface area contributed by atoms with E-state index in [2.05, 4.69) is 5.32 Å². The molecule has 1 N–H and O–H groups in total. The molecule has 8 nitrogen and oxygen atoms in total. The van der Waals surface area contributed by atoms with Crippen LogP contribution in [0.2, 0.25) is 0 Å². The summed E-state index contributed by atoms with van der Waals surface area (Å²) in [5.41, 5.74) is 5.10. The Labute approximate surface area is 207 Å². The van der Waals surface area contributed by atoms with Gasteiger partial charge in [0.15, 0.2) is 0 Å². The third-order valence-corrected chi connectivity index (χ3v) is 6.39. The highest BCUT2D eigenvalue weighted by Gasteiger charge is 2.36. The van der Waals surface area contributed by atoms with Crippen molar-refractivity contribution in [3.63, 3.8) is 0 Å². The number of nitrogens with one attached hydrogen (secondary N) is 1. The van der Waals surface area contributed by atoms with Crippen LogP contribution in [0, 0.1) is 0 Å². The lowest BCUT2D eigenvalue weighted by atomic mass is 9.98. The van der Waals surface area contributed by atoms with Gasteiger partial charge in [0.2, 0.25) is 0 Å². The van der Waals surface area contributed by atoms with Crippen LogP contribution in [0.25, 0.3) is 11.1 Å². The molecular weight excluding hydrogens is 460 g/mol. The average molecular weight is 485 g/mol. The molecule has 1 atom stereocenters. The highest BCUT2D eigenvalue weighted by molar-refractivity contribution is 6.02. The first-order chi connectivity index (χ1) is 17.5. The SMILES string of the molecule is O=C(NC(Cc1ccccc1)C(=O)ON1C(=O)CCC1=O)OCC1c2ccccc2-c2ccccc21. The van der Waals surface area contributed by atoms with Crippen LogP contribution in [0.1, 0.15) is 35.4 Å². The summed E-state index contributed by atoms with van der Waals surface area (Å²) < 4.78 is 5.56. The van der Waals surface area contributed by atoms with E-state index in [0.717, 1.165) is 27.8 Å². The number of ether oxygens (including phenoxy) is 1. The zero-order valence-electron chi connectivity index (χ0n) is 19.4. The Hall–Kier alpha value is -4.46. The van der Waals surface area contributed by atoms with Crippen LogP contribution in [0.15, 0.2) is 78.9 Å². The third-order valence-electron chi connectivity index (χ3n) is 6.39. The number of imide groups is 1. The molecular formula is C28H24N2O6. The molecule has 3 aromatic carbocycles. The number of alkyl carbamates (subject to hydrolysis) is 1. The second-order valence-corrected chi connectivity index (χ2v) is 8.70. The molecule has 2 aliphatic rings. The van der Waals surface area contributed by atoms with E-state index in [1.807, 2.05) is 54.6 Å². The first-order valence-corrected chi connectivity index (χ1v) is 11.7. The van der Waals surface area contributed by atoms with E-state index < -0.39 is 29.9 Å². The van der Waals surface area contributed by atoms with Gasteiger partial charge >= 0.3 is 12.1 Å². The molecule has 0 radical (unpaired) electrons. The molecule has 1 aliphatic carbocycles. The van der Waals surface area contributed by atoms with Crippen LogP contribution < -0.4 is 5.32 Å². The van der Waals surface area contributed by atoms with Gasteiger partial charge in [-0.15, -0.1) is 5.06 Å². The van der Waals surface area contributed by atoms with Crippen molar-refractivity contribution in [3.05, 3.63) is 95.6 Å². The number of benzene rings is 3. The van der Waals surface area contributed by atoms with Crippen molar-refractivity contribution in [2.45, 2.75) is 31.2 Å².